The third-order valence-corrected chi connectivity index (χ3v) is 4.68. The Morgan fingerprint density at radius 3 is 2.39 bits per heavy atom. The summed E-state index contributed by atoms with van der Waals surface area (Å²) in [5, 5.41) is 2.70. The van der Waals surface area contributed by atoms with E-state index in [1.807, 2.05) is 0 Å². The molecule has 3 rings (SSSR count). The minimum atomic E-state index is -0.357. The van der Waals surface area contributed by atoms with Crippen LogP contribution >= 0.6 is 0 Å². The van der Waals surface area contributed by atoms with E-state index in [1.165, 1.54) is 12.4 Å². The van der Waals surface area contributed by atoms with Crippen molar-refractivity contribution in [3.05, 3.63) is 47.9 Å². The number of nitrogens with zero attached hydrogens (tertiary/aromatic N) is 4. The van der Waals surface area contributed by atoms with Crippen molar-refractivity contribution in [3.8, 4) is 5.75 Å². The highest BCUT2D eigenvalue weighted by atomic mass is 16.5. The molecule has 28 heavy (non-hydrogen) atoms. The van der Waals surface area contributed by atoms with Crippen LogP contribution in [0.25, 0.3) is 0 Å². The lowest BCUT2D eigenvalue weighted by atomic mass is 10.2. The molecule has 0 saturated carbocycles. The highest BCUT2D eigenvalue weighted by Crippen LogP contribution is 2.16. The number of anilines is 1. The maximum Gasteiger partial charge on any atom is 0.276 e. The van der Waals surface area contributed by atoms with Gasteiger partial charge in [0.25, 0.3) is 11.8 Å². The van der Waals surface area contributed by atoms with Gasteiger partial charge >= 0.3 is 0 Å². The Bertz CT molecular complexity index is 817. The number of hydrogen-bond acceptors (Lipinski definition) is 6. The molecule has 8 heteroatoms. The topological polar surface area (TPSA) is 87.7 Å². The van der Waals surface area contributed by atoms with E-state index in [1.54, 1.807) is 36.3 Å². The van der Waals surface area contributed by atoms with Crippen LogP contribution in [0.3, 0.4) is 0 Å². The molecule has 148 valence electrons. The van der Waals surface area contributed by atoms with E-state index in [2.05, 4.69) is 27.1 Å². The molecule has 1 N–H and O–H groups in total. The van der Waals surface area contributed by atoms with Gasteiger partial charge in [-0.05, 0) is 37.2 Å². The lowest BCUT2D eigenvalue weighted by Gasteiger charge is -2.34. The average molecular weight is 383 g/mol. The van der Waals surface area contributed by atoms with Crippen LogP contribution in [0.1, 0.15) is 34.2 Å². The second-order valence-corrected chi connectivity index (χ2v) is 6.57. The molecule has 8 nitrogen and oxygen atoms in total. The summed E-state index contributed by atoms with van der Waals surface area (Å²) >= 11 is 0. The zero-order valence-corrected chi connectivity index (χ0v) is 16.2. The predicted octanol–water partition coefficient (Wildman–Crippen LogP) is 1.91. The van der Waals surface area contributed by atoms with E-state index in [0.717, 1.165) is 26.1 Å². The van der Waals surface area contributed by atoms with Gasteiger partial charge in [-0.25, -0.2) is 9.97 Å². The normalized spacial score (nSPS) is 14.6. The Kier molecular flexibility index (Phi) is 6.54. The first-order valence-corrected chi connectivity index (χ1v) is 9.40. The highest BCUT2D eigenvalue weighted by Gasteiger charge is 2.25. The van der Waals surface area contributed by atoms with E-state index in [9.17, 15) is 9.59 Å². The fourth-order valence-corrected chi connectivity index (χ4v) is 3.15. The molecule has 0 aliphatic carbocycles. The molecule has 1 aliphatic rings. The SMILES string of the molecule is CCCN1CCN(C(=O)c2nccnc2NC(=O)c2ccc(OC)cc2)CC1. The number of piperazine rings is 1. The minimum Gasteiger partial charge on any atom is -0.497 e. The molecule has 0 radical (unpaired) electrons. The van der Waals surface area contributed by atoms with Gasteiger partial charge in [-0.1, -0.05) is 6.92 Å². The van der Waals surface area contributed by atoms with Crippen molar-refractivity contribution in [2.24, 2.45) is 0 Å². The molecule has 1 fully saturated rings. The second-order valence-electron chi connectivity index (χ2n) is 6.57. The van der Waals surface area contributed by atoms with E-state index in [0.29, 0.717) is 24.4 Å². The number of hydrogen-bond donors (Lipinski definition) is 1. The lowest BCUT2D eigenvalue weighted by molar-refractivity contribution is 0.0632. The minimum absolute atomic E-state index is 0.160. The first-order valence-electron chi connectivity index (χ1n) is 9.40. The number of rotatable bonds is 6. The maximum atomic E-state index is 12.9. The molecule has 2 amide bonds. The zero-order chi connectivity index (χ0) is 19.9. The molecular weight excluding hydrogens is 358 g/mol. The van der Waals surface area contributed by atoms with Gasteiger partial charge in [0, 0.05) is 44.1 Å². The Morgan fingerprint density at radius 1 is 1.07 bits per heavy atom. The number of ether oxygens (including phenoxy) is 1. The molecule has 1 saturated heterocycles. The van der Waals surface area contributed by atoms with Crippen LogP contribution in [0.2, 0.25) is 0 Å². The summed E-state index contributed by atoms with van der Waals surface area (Å²) in [4.78, 5) is 37.9. The Morgan fingerprint density at radius 2 is 1.75 bits per heavy atom. The summed E-state index contributed by atoms with van der Waals surface area (Å²) in [7, 11) is 1.56. The summed E-state index contributed by atoms with van der Waals surface area (Å²) in [6.07, 6.45) is 4.02. The molecule has 1 aromatic heterocycles. The van der Waals surface area contributed by atoms with E-state index in [4.69, 9.17) is 4.74 Å². The number of benzene rings is 1. The number of aromatic nitrogens is 2. The van der Waals surface area contributed by atoms with E-state index >= 15 is 0 Å². The maximum absolute atomic E-state index is 12.9. The third kappa shape index (κ3) is 4.64. The first kappa shape index (κ1) is 19.8. The molecular formula is C20H25N5O3. The molecule has 0 unspecified atom stereocenters. The van der Waals surface area contributed by atoms with Gasteiger partial charge in [-0.2, -0.15) is 0 Å². The molecule has 1 aliphatic heterocycles. The van der Waals surface area contributed by atoms with Crippen LogP contribution in [-0.4, -0.2) is 71.4 Å². The van der Waals surface area contributed by atoms with E-state index < -0.39 is 0 Å². The smallest absolute Gasteiger partial charge is 0.276 e. The largest absolute Gasteiger partial charge is 0.497 e. The van der Waals surface area contributed by atoms with Gasteiger partial charge in [0.1, 0.15) is 5.75 Å². The van der Waals surface area contributed by atoms with Crippen molar-refractivity contribution in [2.45, 2.75) is 13.3 Å². The summed E-state index contributed by atoms with van der Waals surface area (Å²) in [6.45, 7) is 6.15. The van der Waals surface area contributed by atoms with Gasteiger partial charge < -0.3 is 15.0 Å². The van der Waals surface area contributed by atoms with Crippen LogP contribution in [0.4, 0.5) is 5.82 Å². The summed E-state index contributed by atoms with van der Waals surface area (Å²) in [5.74, 6) is 0.262. The lowest BCUT2D eigenvalue weighted by Crippen LogP contribution is -2.49. The Labute approximate surface area is 164 Å². The van der Waals surface area contributed by atoms with Gasteiger partial charge in [-0.3, -0.25) is 14.5 Å². The van der Waals surface area contributed by atoms with Crippen molar-refractivity contribution < 1.29 is 14.3 Å². The van der Waals surface area contributed by atoms with Crippen LogP contribution < -0.4 is 10.1 Å². The monoisotopic (exact) mass is 383 g/mol. The van der Waals surface area contributed by atoms with Gasteiger partial charge in [0.2, 0.25) is 0 Å². The molecule has 2 aromatic rings. The summed E-state index contributed by atoms with van der Waals surface area (Å²) in [6, 6.07) is 6.71. The molecule has 0 spiro atoms. The molecule has 2 heterocycles. The van der Waals surface area contributed by atoms with Gasteiger partial charge in [-0.15, -0.1) is 0 Å². The van der Waals surface area contributed by atoms with Crippen molar-refractivity contribution in [3.63, 3.8) is 0 Å². The van der Waals surface area contributed by atoms with Crippen molar-refractivity contribution in [1.29, 1.82) is 0 Å². The summed E-state index contributed by atoms with van der Waals surface area (Å²) in [5.41, 5.74) is 0.603. The Hall–Kier alpha value is -3.00. The van der Waals surface area contributed by atoms with Crippen molar-refractivity contribution in [1.82, 2.24) is 19.8 Å². The van der Waals surface area contributed by atoms with E-state index in [-0.39, 0.29) is 23.3 Å². The standard InChI is InChI=1S/C20H25N5O3/c1-3-10-24-11-13-25(14-12-24)20(27)17-18(22-9-8-21-17)23-19(26)15-4-6-16(28-2)7-5-15/h4-9H,3,10-14H2,1-2H3,(H,22,23,26). The fourth-order valence-electron chi connectivity index (χ4n) is 3.15. The first-order chi connectivity index (χ1) is 13.6. The predicted molar refractivity (Wildman–Crippen MR) is 106 cm³/mol. The van der Waals surface area contributed by atoms with Gasteiger partial charge in [0.15, 0.2) is 11.5 Å². The van der Waals surface area contributed by atoms with Crippen molar-refractivity contribution >= 4 is 17.6 Å². The molecule has 0 atom stereocenters. The number of amides is 2. The molecule has 1 aromatic carbocycles. The number of carbonyl (C=O) groups is 2. The zero-order valence-electron chi connectivity index (χ0n) is 16.2. The number of nitrogens with one attached hydrogen (secondary N) is 1. The molecule has 0 bridgehead atoms. The number of methoxy groups -OCH3 is 1. The van der Waals surface area contributed by atoms with Crippen molar-refractivity contribution in [2.75, 3.05) is 45.2 Å². The summed E-state index contributed by atoms with van der Waals surface area (Å²) < 4.78 is 5.10. The third-order valence-electron chi connectivity index (χ3n) is 4.68. The Balaban J connectivity index is 1.70. The van der Waals surface area contributed by atoms with Crippen LogP contribution in [0.15, 0.2) is 36.7 Å². The second kappa shape index (κ2) is 9.27. The van der Waals surface area contributed by atoms with Gasteiger partial charge in [0.05, 0.1) is 7.11 Å². The number of carbonyl (C=O) groups excluding carboxylic acids is 2. The fraction of sp³-hybridized carbons (Fsp3) is 0.400. The van der Waals surface area contributed by atoms with Crippen LogP contribution in [0, 0.1) is 0 Å². The quantitative estimate of drug-likeness (QED) is 0.820. The average Bonchev–Trinajstić information content (AvgIpc) is 2.74. The van der Waals surface area contributed by atoms with Crippen LogP contribution in [0.5, 0.6) is 5.75 Å². The highest BCUT2D eigenvalue weighted by molar-refractivity contribution is 6.07. The van der Waals surface area contributed by atoms with Crippen LogP contribution in [-0.2, 0) is 0 Å².